The highest BCUT2D eigenvalue weighted by Crippen LogP contribution is 2.29. The molecule has 0 unspecified atom stereocenters. The third-order valence-electron chi connectivity index (χ3n) is 6.85. The second-order valence-corrected chi connectivity index (χ2v) is 14.1. The normalized spacial score (nSPS) is 11.9. The predicted octanol–water partition coefficient (Wildman–Crippen LogP) is 5.54. The summed E-state index contributed by atoms with van der Waals surface area (Å²) in [5.41, 5.74) is 5.16. The van der Waals surface area contributed by atoms with Gasteiger partial charge in [-0.3, -0.25) is 4.79 Å². The molecule has 42 heavy (non-hydrogen) atoms. The molecule has 8 nitrogen and oxygen atoms in total. The molecule has 4 rings (SSSR count). The van der Waals surface area contributed by atoms with Crippen molar-refractivity contribution in [2.75, 3.05) is 12.9 Å². The van der Waals surface area contributed by atoms with E-state index >= 15 is 0 Å². The van der Waals surface area contributed by atoms with E-state index in [1.165, 1.54) is 16.4 Å². The van der Waals surface area contributed by atoms with Crippen molar-refractivity contribution in [1.82, 2.24) is 4.31 Å². The first kappa shape index (κ1) is 31.0. The van der Waals surface area contributed by atoms with Crippen LogP contribution in [0.1, 0.15) is 27.8 Å². The van der Waals surface area contributed by atoms with Gasteiger partial charge in [-0.1, -0.05) is 66.2 Å². The summed E-state index contributed by atoms with van der Waals surface area (Å²) in [5, 5.41) is 8.96. The first-order valence-electron chi connectivity index (χ1n) is 13.1. The van der Waals surface area contributed by atoms with E-state index in [0.29, 0.717) is 28.0 Å². The zero-order valence-electron chi connectivity index (χ0n) is 23.9. The second-order valence-electron chi connectivity index (χ2n) is 10.2. The molecule has 0 aliphatic heterocycles. The number of rotatable bonds is 11. The molecule has 10 heteroatoms. The number of sulfone groups is 1. The lowest BCUT2D eigenvalue weighted by Crippen LogP contribution is -2.31. The summed E-state index contributed by atoms with van der Waals surface area (Å²) in [4.78, 5) is 11.2. The Morgan fingerprint density at radius 3 is 2.00 bits per heavy atom. The first-order valence-corrected chi connectivity index (χ1v) is 16.2. The maximum Gasteiger partial charge on any atom is 0.319 e. The number of carboxylic acid groups (broad SMARTS) is 1. The van der Waals surface area contributed by atoms with Crippen LogP contribution in [0.5, 0.6) is 5.75 Å². The topological polar surface area (TPSA) is 118 Å². The lowest BCUT2D eigenvalue weighted by Gasteiger charge is -2.25. The molecule has 0 bridgehead atoms. The van der Waals surface area contributed by atoms with Crippen LogP contribution in [0.2, 0.25) is 0 Å². The zero-order valence-corrected chi connectivity index (χ0v) is 25.5. The van der Waals surface area contributed by atoms with Gasteiger partial charge in [0.1, 0.15) is 5.75 Å². The van der Waals surface area contributed by atoms with Gasteiger partial charge in [-0.05, 0) is 78.4 Å². The van der Waals surface area contributed by atoms with E-state index in [1.54, 1.807) is 63.4 Å². The van der Waals surface area contributed by atoms with Crippen molar-refractivity contribution in [3.63, 3.8) is 0 Å². The fraction of sp³-hybridized carbons (Fsp3) is 0.219. The van der Waals surface area contributed by atoms with E-state index < -0.39 is 31.6 Å². The van der Waals surface area contributed by atoms with Gasteiger partial charge in [0, 0.05) is 13.1 Å². The number of nitrogens with zero attached hydrogens (tertiary/aromatic N) is 1. The van der Waals surface area contributed by atoms with E-state index in [-0.39, 0.29) is 22.9 Å². The lowest BCUT2D eigenvalue weighted by molar-refractivity contribution is -0.134. The van der Waals surface area contributed by atoms with Gasteiger partial charge in [-0.25, -0.2) is 16.8 Å². The molecule has 0 heterocycles. The summed E-state index contributed by atoms with van der Waals surface area (Å²) < 4.78 is 59.9. The van der Waals surface area contributed by atoms with Crippen molar-refractivity contribution in [3.8, 4) is 16.9 Å². The average Bonchev–Trinajstić information content (AvgIpc) is 2.92. The molecule has 0 spiro atoms. The van der Waals surface area contributed by atoms with Crippen molar-refractivity contribution >= 4 is 25.8 Å². The van der Waals surface area contributed by atoms with Gasteiger partial charge in [0.05, 0.1) is 16.9 Å². The number of ether oxygens (including phenoxy) is 1. The van der Waals surface area contributed by atoms with Crippen LogP contribution in [0, 0.1) is 20.8 Å². The van der Waals surface area contributed by atoms with Crippen LogP contribution in [0.3, 0.4) is 0 Å². The molecule has 0 aliphatic carbocycles. The van der Waals surface area contributed by atoms with Gasteiger partial charge in [0.15, 0.2) is 15.6 Å². The Bertz CT molecular complexity index is 1810. The Balaban J connectivity index is 1.69. The SMILES string of the molecule is COc1cccc(CN(Cc2ccc(-c3cccc(S(=O)(=O)CC(=O)O)c3)cc2)S(=O)(=O)c2c(C)cc(C)cc2C)c1. The maximum absolute atomic E-state index is 14.1. The third-order valence-corrected chi connectivity index (χ3v) is 10.5. The van der Waals surface area contributed by atoms with Gasteiger partial charge in [0.2, 0.25) is 10.0 Å². The lowest BCUT2D eigenvalue weighted by atomic mass is 10.0. The molecule has 1 N–H and O–H groups in total. The van der Waals surface area contributed by atoms with Crippen LogP contribution in [-0.2, 0) is 37.7 Å². The van der Waals surface area contributed by atoms with Crippen LogP contribution in [-0.4, -0.2) is 45.1 Å². The van der Waals surface area contributed by atoms with Crippen LogP contribution >= 0.6 is 0 Å². The number of methoxy groups -OCH3 is 1. The van der Waals surface area contributed by atoms with E-state index in [2.05, 4.69) is 0 Å². The van der Waals surface area contributed by atoms with E-state index in [4.69, 9.17) is 9.84 Å². The Kier molecular flexibility index (Phi) is 9.20. The van der Waals surface area contributed by atoms with Gasteiger partial charge in [-0.2, -0.15) is 4.31 Å². The molecular formula is C32H33NO7S2. The number of carbonyl (C=O) groups is 1. The largest absolute Gasteiger partial charge is 0.497 e. The smallest absolute Gasteiger partial charge is 0.319 e. The summed E-state index contributed by atoms with van der Waals surface area (Å²) in [6, 6.07) is 24.3. The Morgan fingerprint density at radius 1 is 0.762 bits per heavy atom. The fourth-order valence-electron chi connectivity index (χ4n) is 5.02. The van der Waals surface area contributed by atoms with E-state index in [9.17, 15) is 21.6 Å². The molecule has 0 aromatic heterocycles. The Labute approximate surface area is 247 Å². The van der Waals surface area contributed by atoms with Gasteiger partial charge < -0.3 is 9.84 Å². The van der Waals surface area contributed by atoms with Crippen molar-refractivity contribution < 1.29 is 31.5 Å². The Hall–Kier alpha value is -3.99. The average molecular weight is 608 g/mol. The highest BCUT2D eigenvalue weighted by atomic mass is 32.2. The van der Waals surface area contributed by atoms with Crippen molar-refractivity contribution in [1.29, 1.82) is 0 Å². The number of aryl methyl sites for hydroxylation is 3. The number of sulfonamides is 1. The molecule has 0 atom stereocenters. The second kappa shape index (κ2) is 12.5. The molecule has 0 saturated heterocycles. The highest BCUT2D eigenvalue weighted by Gasteiger charge is 2.28. The van der Waals surface area contributed by atoms with Crippen molar-refractivity contribution in [3.05, 3.63) is 113 Å². The summed E-state index contributed by atoms with van der Waals surface area (Å²) in [5.74, 6) is -1.79. The number of aliphatic carboxylic acids is 1. The van der Waals surface area contributed by atoms with Crippen molar-refractivity contribution in [2.24, 2.45) is 0 Å². The van der Waals surface area contributed by atoms with Gasteiger partial charge >= 0.3 is 5.97 Å². The van der Waals surface area contributed by atoms with Crippen LogP contribution in [0.4, 0.5) is 0 Å². The highest BCUT2D eigenvalue weighted by molar-refractivity contribution is 7.92. The van der Waals surface area contributed by atoms with Gasteiger partial charge in [-0.15, -0.1) is 0 Å². The molecule has 4 aromatic rings. The van der Waals surface area contributed by atoms with Gasteiger partial charge in [0.25, 0.3) is 0 Å². The molecule has 0 amide bonds. The third kappa shape index (κ3) is 7.07. The molecule has 4 aromatic carbocycles. The summed E-state index contributed by atoms with van der Waals surface area (Å²) >= 11 is 0. The van der Waals surface area contributed by atoms with E-state index in [1.807, 2.05) is 37.3 Å². The van der Waals surface area contributed by atoms with E-state index in [0.717, 1.165) is 16.7 Å². The summed E-state index contributed by atoms with van der Waals surface area (Å²) in [6.45, 7) is 5.76. The number of hydrogen-bond acceptors (Lipinski definition) is 6. The van der Waals surface area contributed by atoms with Crippen LogP contribution < -0.4 is 4.74 Å². The number of benzene rings is 4. The maximum atomic E-state index is 14.1. The van der Waals surface area contributed by atoms with Crippen LogP contribution in [0.25, 0.3) is 11.1 Å². The molecule has 0 radical (unpaired) electrons. The molecule has 0 saturated carbocycles. The minimum atomic E-state index is -3.98. The van der Waals surface area contributed by atoms with Crippen LogP contribution in [0.15, 0.2) is 94.7 Å². The molecule has 220 valence electrons. The molecular weight excluding hydrogens is 574 g/mol. The molecule has 0 fully saturated rings. The number of carboxylic acids is 1. The first-order chi connectivity index (χ1) is 19.8. The monoisotopic (exact) mass is 607 g/mol. The number of hydrogen-bond donors (Lipinski definition) is 1. The fourth-order valence-corrected chi connectivity index (χ4v) is 7.94. The minimum absolute atomic E-state index is 0.0779. The molecule has 0 aliphatic rings. The summed E-state index contributed by atoms with van der Waals surface area (Å²) in [7, 11) is -6.33. The summed E-state index contributed by atoms with van der Waals surface area (Å²) in [6.07, 6.45) is 0. The Morgan fingerprint density at radius 2 is 1.38 bits per heavy atom. The minimum Gasteiger partial charge on any atom is -0.497 e. The predicted molar refractivity (Wildman–Crippen MR) is 162 cm³/mol. The zero-order chi connectivity index (χ0) is 30.7. The standard InChI is InChI=1S/C32H33NO7S2/c1-22-15-23(2)32(24(3)16-22)42(38,39)33(20-26-7-5-9-29(17-26)40-4)19-25-11-13-27(14-12-25)28-8-6-10-30(18-28)41(36,37)21-31(34)35/h5-18H,19-21H2,1-4H3,(H,34,35). The quantitative estimate of drug-likeness (QED) is 0.238. The van der Waals surface area contributed by atoms with Crippen molar-refractivity contribution in [2.45, 2.75) is 43.7 Å².